The second-order valence-electron chi connectivity index (χ2n) is 4.45. The van der Waals surface area contributed by atoms with E-state index in [9.17, 15) is 0 Å². The maximum Gasteiger partial charge on any atom is 0.0227 e. The lowest BCUT2D eigenvalue weighted by atomic mass is 10.0. The molecule has 0 aromatic carbocycles. The third kappa shape index (κ3) is 5.06. The summed E-state index contributed by atoms with van der Waals surface area (Å²) in [6.07, 6.45) is 8.93. The average Bonchev–Trinajstić information content (AvgIpc) is 2.22. The third-order valence-corrected chi connectivity index (χ3v) is 3.00. The molecule has 0 aromatic heterocycles. The SMILES string of the molecule is CC=CCC=C(C(C)CC)N(C)C(C)C. The van der Waals surface area contributed by atoms with Crippen LogP contribution >= 0.6 is 0 Å². The third-order valence-electron chi connectivity index (χ3n) is 3.00. The van der Waals surface area contributed by atoms with Crippen LogP contribution in [0.4, 0.5) is 0 Å². The molecule has 0 amide bonds. The topological polar surface area (TPSA) is 3.24 Å². The Morgan fingerprint density at radius 1 is 1.27 bits per heavy atom. The molecule has 1 atom stereocenters. The molecule has 0 bridgehead atoms. The van der Waals surface area contributed by atoms with E-state index in [0.29, 0.717) is 12.0 Å². The first-order valence-electron chi connectivity index (χ1n) is 6.08. The highest BCUT2D eigenvalue weighted by Gasteiger charge is 2.13. The van der Waals surface area contributed by atoms with E-state index in [4.69, 9.17) is 0 Å². The van der Waals surface area contributed by atoms with E-state index in [1.165, 1.54) is 12.1 Å². The van der Waals surface area contributed by atoms with Gasteiger partial charge in [0.2, 0.25) is 0 Å². The number of allylic oxidation sites excluding steroid dienone is 4. The van der Waals surface area contributed by atoms with Crippen molar-refractivity contribution in [2.24, 2.45) is 5.92 Å². The van der Waals surface area contributed by atoms with Gasteiger partial charge in [-0.2, -0.15) is 0 Å². The van der Waals surface area contributed by atoms with Crippen molar-refractivity contribution in [1.29, 1.82) is 0 Å². The van der Waals surface area contributed by atoms with E-state index in [0.717, 1.165) is 6.42 Å². The van der Waals surface area contributed by atoms with Gasteiger partial charge in [0, 0.05) is 18.8 Å². The predicted molar refractivity (Wildman–Crippen MR) is 69.9 cm³/mol. The molecular formula is C14H27N. The Bertz CT molecular complexity index is 213. The Hall–Kier alpha value is -0.720. The maximum absolute atomic E-state index is 2.39. The molecule has 1 nitrogen and oxygen atoms in total. The quantitative estimate of drug-likeness (QED) is 0.592. The number of rotatable bonds is 6. The van der Waals surface area contributed by atoms with Crippen molar-refractivity contribution in [3.05, 3.63) is 23.9 Å². The first kappa shape index (κ1) is 14.3. The van der Waals surface area contributed by atoms with Crippen molar-refractivity contribution in [2.45, 2.75) is 53.5 Å². The Kier molecular flexibility index (Phi) is 7.19. The summed E-state index contributed by atoms with van der Waals surface area (Å²) in [7, 11) is 2.19. The highest BCUT2D eigenvalue weighted by atomic mass is 15.1. The van der Waals surface area contributed by atoms with Gasteiger partial charge in [0.1, 0.15) is 0 Å². The zero-order valence-electron chi connectivity index (χ0n) is 11.2. The van der Waals surface area contributed by atoms with Crippen molar-refractivity contribution in [3.63, 3.8) is 0 Å². The van der Waals surface area contributed by atoms with E-state index >= 15 is 0 Å². The Morgan fingerprint density at radius 2 is 1.87 bits per heavy atom. The summed E-state index contributed by atoms with van der Waals surface area (Å²) >= 11 is 0. The molecule has 0 rings (SSSR count). The summed E-state index contributed by atoms with van der Waals surface area (Å²) in [6, 6.07) is 0.579. The summed E-state index contributed by atoms with van der Waals surface area (Å²) < 4.78 is 0. The Labute approximate surface area is 95.9 Å². The van der Waals surface area contributed by atoms with Gasteiger partial charge in [-0.05, 0) is 39.5 Å². The van der Waals surface area contributed by atoms with Crippen molar-refractivity contribution < 1.29 is 0 Å². The Balaban J connectivity index is 4.63. The van der Waals surface area contributed by atoms with Crippen LogP contribution in [-0.4, -0.2) is 18.0 Å². The molecule has 1 unspecified atom stereocenters. The summed E-state index contributed by atoms with van der Waals surface area (Å²) in [4.78, 5) is 2.39. The fraction of sp³-hybridized carbons (Fsp3) is 0.714. The monoisotopic (exact) mass is 209 g/mol. The van der Waals surface area contributed by atoms with Crippen LogP contribution in [-0.2, 0) is 0 Å². The summed E-state index contributed by atoms with van der Waals surface area (Å²) in [5.74, 6) is 0.655. The maximum atomic E-state index is 2.39. The first-order chi connectivity index (χ1) is 7.04. The molecule has 88 valence electrons. The lowest BCUT2D eigenvalue weighted by molar-refractivity contribution is 0.303. The van der Waals surface area contributed by atoms with Gasteiger partial charge in [-0.15, -0.1) is 0 Å². The number of hydrogen-bond donors (Lipinski definition) is 0. The molecule has 0 aliphatic rings. The van der Waals surface area contributed by atoms with Crippen LogP contribution in [0.1, 0.15) is 47.5 Å². The normalized spacial score (nSPS) is 15.0. The zero-order chi connectivity index (χ0) is 11.8. The van der Waals surface area contributed by atoms with Crippen LogP contribution in [0.5, 0.6) is 0 Å². The van der Waals surface area contributed by atoms with Crippen molar-refractivity contribution in [1.82, 2.24) is 4.90 Å². The van der Waals surface area contributed by atoms with E-state index in [1.54, 1.807) is 0 Å². The van der Waals surface area contributed by atoms with E-state index in [-0.39, 0.29) is 0 Å². The second-order valence-corrected chi connectivity index (χ2v) is 4.45. The molecular weight excluding hydrogens is 182 g/mol. The molecule has 0 aromatic rings. The number of hydrogen-bond acceptors (Lipinski definition) is 1. The molecule has 0 radical (unpaired) electrons. The van der Waals surface area contributed by atoms with Gasteiger partial charge in [-0.1, -0.05) is 32.1 Å². The molecule has 15 heavy (non-hydrogen) atoms. The van der Waals surface area contributed by atoms with Crippen LogP contribution in [0.2, 0.25) is 0 Å². The van der Waals surface area contributed by atoms with Crippen LogP contribution in [0.25, 0.3) is 0 Å². The molecule has 0 saturated heterocycles. The van der Waals surface area contributed by atoms with Gasteiger partial charge in [0.05, 0.1) is 0 Å². The minimum absolute atomic E-state index is 0.579. The van der Waals surface area contributed by atoms with Gasteiger partial charge in [-0.3, -0.25) is 0 Å². The molecule has 0 fully saturated rings. The summed E-state index contributed by atoms with van der Waals surface area (Å²) in [6.45, 7) is 11.1. The zero-order valence-corrected chi connectivity index (χ0v) is 11.2. The highest BCUT2D eigenvalue weighted by molar-refractivity contribution is 5.07. The largest absolute Gasteiger partial charge is 0.375 e. The summed E-state index contributed by atoms with van der Waals surface area (Å²) in [5, 5.41) is 0. The lowest BCUT2D eigenvalue weighted by Crippen LogP contribution is -2.28. The highest BCUT2D eigenvalue weighted by Crippen LogP contribution is 2.20. The minimum atomic E-state index is 0.579. The predicted octanol–water partition coefficient (Wildman–Crippen LogP) is 4.22. The standard InChI is InChI=1S/C14H27N/c1-7-9-10-11-14(13(5)8-2)15(6)12(3)4/h7,9,11-13H,8,10H2,1-6H3. The minimum Gasteiger partial charge on any atom is -0.375 e. The Morgan fingerprint density at radius 3 is 2.27 bits per heavy atom. The van der Waals surface area contributed by atoms with Crippen molar-refractivity contribution in [2.75, 3.05) is 7.05 Å². The first-order valence-corrected chi connectivity index (χ1v) is 6.08. The molecule has 0 spiro atoms. The summed E-state index contributed by atoms with van der Waals surface area (Å²) in [5.41, 5.74) is 1.48. The molecule has 0 aliphatic heterocycles. The molecule has 0 N–H and O–H groups in total. The van der Waals surface area contributed by atoms with E-state index in [2.05, 4.69) is 64.8 Å². The van der Waals surface area contributed by atoms with Crippen LogP contribution in [0, 0.1) is 5.92 Å². The van der Waals surface area contributed by atoms with Gasteiger partial charge in [-0.25, -0.2) is 0 Å². The molecule has 0 aliphatic carbocycles. The van der Waals surface area contributed by atoms with E-state index in [1.807, 2.05) is 0 Å². The van der Waals surface area contributed by atoms with Crippen LogP contribution < -0.4 is 0 Å². The van der Waals surface area contributed by atoms with E-state index < -0.39 is 0 Å². The van der Waals surface area contributed by atoms with Gasteiger partial charge < -0.3 is 4.90 Å². The fourth-order valence-electron chi connectivity index (χ4n) is 1.52. The average molecular weight is 209 g/mol. The fourth-order valence-corrected chi connectivity index (χ4v) is 1.52. The second kappa shape index (κ2) is 7.56. The molecule has 0 heterocycles. The van der Waals surface area contributed by atoms with Gasteiger partial charge in [0.25, 0.3) is 0 Å². The van der Waals surface area contributed by atoms with Crippen molar-refractivity contribution in [3.8, 4) is 0 Å². The smallest absolute Gasteiger partial charge is 0.0227 e. The lowest BCUT2D eigenvalue weighted by Gasteiger charge is -2.30. The molecule has 0 saturated carbocycles. The van der Waals surface area contributed by atoms with Gasteiger partial charge >= 0.3 is 0 Å². The molecule has 1 heteroatoms. The number of nitrogens with zero attached hydrogens (tertiary/aromatic N) is 1. The van der Waals surface area contributed by atoms with Crippen molar-refractivity contribution >= 4 is 0 Å². The van der Waals surface area contributed by atoms with Crippen LogP contribution in [0.3, 0.4) is 0 Å². The van der Waals surface area contributed by atoms with Gasteiger partial charge in [0.15, 0.2) is 0 Å². The van der Waals surface area contributed by atoms with Crippen LogP contribution in [0.15, 0.2) is 23.9 Å².